The molecule has 2 bridgehead atoms. The van der Waals surface area contributed by atoms with Crippen LogP contribution in [0.5, 0.6) is 0 Å². The van der Waals surface area contributed by atoms with Crippen LogP contribution in [0.1, 0.15) is 30.9 Å². The van der Waals surface area contributed by atoms with E-state index >= 15 is 0 Å². The van der Waals surface area contributed by atoms with Crippen molar-refractivity contribution in [3.8, 4) is 11.1 Å². The van der Waals surface area contributed by atoms with Gasteiger partial charge in [-0.3, -0.25) is 4.79 Å². The second-order valence-electron chi connectivity index (χ2n) is 8.27. The molecule has 0 spiro atoms. The normalized spacial score (nSPS) is 26.4. The first-order valence-corrected chi connectivity index (χ1v) is 11.0. The molecule has 0 saturated carbocycles. The molecule has 0 N–H and O–H groups in total. The summed E-state index contributed by atoms with van der Waals surface area (Å²) in [6.07, 6.45) is 0.742. The lowest BCUT2D eigenvalue weighted by Gasteiger charge is -2.21. The quantitative estimate of drug-likeness (QED) is 0.583. The van der Waals surface area contributed by atoms with E-state index in [1.54, 1.807) is 6.92 Å². The molecule has 2 aromatic carbocycles. The number of Topliss-reactive ketones (excluding diaryl/α,β-unsaturated/α-hetero) is 1. The molecule has 4 unspecified atom stereocenters. The molecule has 0 aromatic heterocycles. The van der Waals surface area contributed by atoms with Gasteiger partial charge in [0.25, 0.3) is 0 Å². The lowest BCUT2D eigenvalue weighted by molar-refractivity contribution is -0.118. The summed E-state index contributed by atoms with van der Waals surface area (Å²) in [5, 5.41) is 0.665. The van der Waals surface area contributed by atoms with Crippen molar-refractivity contribution in [1.29, 1.82) is 0 Å². The van der Waals surface area contributed by atoms with Gasteiger partial charge in [-0.05, 0) is 67.1 Å². The van der Waals surface area contributed by atoms with Crippen molar-refractivity contribution in [3.63, 3.8) is 0 Å². The molecule has 2 saturated heterocycles. The van der Waals surface area contributed by atoms with Crippen molar-refractivity contribution < 1.29 is 23.8 Å². The van der Waals surface area contributed by atoms with Gasteiger partial charge in [0, 0.05) is 5.02 Å². The zero-order valence-electron chi connectivity index (χ0n) is 17.4. The van der Waals surface area contributed by atoms with Crippen LogP contribution in [-0.4, -0.2) is 30.8 Å². The summed E-state index contributed by atoms with van der Waals surface area (Å²) in [7, 11) is 0. The summed E-state index contributed by atoms with van der Waals surface area (Å²) in [5.74, 6) is -0.133. The maximum Gasteiger partial charge on any atom is 0.513 e. The molecule has 1 aliphatic carbocycles. The molecular formula is C25H23ClO5. The fourth-order valence-electron chi connectivity index (χ4n) is 5.13. The lowest BCUT2D eigenvalue weighted by atomic mass is 9.80. The highest BCUT2D eigenvalue weighted by atomic mass is 35.5. The number of allylic oxidation sites excluding steroid dienone is 1. The predicted octanol–water partition coefficient (Wildman–Crippen LogP) is 5.58. The zero-order chi connectivity index (χ0) is 21.7. The zero-order valence-corrected chi connectivity index (χ0v) is 18.1. The average Bonchev–Trinajstić information content (AvgIpc) is 3.43. The van der Waals surface area contributed by atoms with Crippen LogP contribution < -0.4 is 0 Å². The van der Waals surface area contributed by atoms with Crippen molar-refractivity contribution in [3.05, 3.63) is 64.4 Å². The predicted molar refractivity (Wildman–Crippen MR) is 117 cm³/mol. The average molecular weight is 439 g/mol. The third kappa shape index (κ3) is 3.36. The number of ketones is 1. The van der Waals surface area contributed by atoms with Crippen LogP contribution in [-0.2, 0) is 19.0 Å². The minimum absolute atomic E-state index is 0.00662. The Balaban J connectivity index is 1.62. The summed E-state index contributed by atoms with van der Waals surface area (Å²) in [4.78, 5) is 25.8. The lowest BCUT2D eigenvalue weighted by Crippen LogP contribution is -2.30. The van der Waals surface area contributed by atoms with E-state index in [1.807, 2.05) is 49.4 Å². The molecule has 0 radical (unpaired) electrons. The molecule has 5 nitrogen and oxygen atoms in total. The molecule has 2 aliphatic heterocycles. The largest absolute Gasteiger partial charge is 0.513 e. The Morgan fingerprint density at radius 1 is 1.06 bits per heavy atom. The smallest absolute Gasteiger partial charge is 0.434 e. The van der Waals surface area contributed by atoms with E-state index in [2.05, 4.69) is 0 Å². The summed E-state index contributed by atoms with van der Waals surface area (Å²) in [6, 6.07) is 13.6. The first-order valence-electron chi connectivity index (χ1n) is 10.6. The number of carbonyl (C=O) groups excluding carboxylic acids is 2. The number of ether oxygens (including phenoxy) is 3. The van der Waals surface area contributed by atoms with E-state index in [0.717, 1.165) is 35.1 Å². The van der Waals surface area contributed by atoms with Gasteiger partial charge in [-0.15, -0.1) is 0 Å². The van der Waals surface area contributed by atoms with Gasteiger partial charge in [0.05, 0.1) is 36.2 Å². The number of hydrogen-bond donors (Lipinski definition) is 0. The maximum atomic E-state index is 13.6. The second-order valence-corrected chi connectivity index (χ2v) is 8.70. The molecule has 2 aromatic rings. The first-order chi connectivity index (χ1) is 15.0. The van der Waals surface area contributed by atoms with Crippen molar-refractivity contribution in [2.45, 2.75) is 38.9 Å². The molecule has 3 aliphatic rings. The van der Waals surface area contributed by atoms with Crippen molar-refractivity contribution in [1.82, 2.24) is 0 Å². The van der Waals surface area contributed by atoms with Crippen LogP contribution in [0.15, 0.2) is 48.2 Å². The van der Waals surface area contributed by atoms with E-state index in [4.69, 9.17) is 25.8 Å². The number of rotatable bonds is 4. The van der Waals surface area contributed by atoms with Crippen LogP contribution in [0.2, 0.25) is 5.02 Å². The van der Waals surface area contributed by atoms with Crippen molar-refractivity contribution >= 4 is 29.1 Å². The topological polar surface area (TPSA) is 61.8 Å². The van der Waals surface area contributed by atoms with Gasteiger partial charge in [0.2, 0.25) is 0 Å². The highest BCUT2D eigenvalue weighted by molar-refractivity contribution is 6.30. The van der Waals surface area contributed by atoms with E-state index < -0.39 is 6.16 Å². The number of hydrogen-bond acceptors (Lipinski definition) is 5. The fraction of sp³-hybridized carbons (Fsp3) is 0.360. The Kier molecular flexibility index (Phi) is 5.11. The van der Waals surface area contributed by atoms with E-state index in [1.165, 1.54) is 0 Å². The number of carbonyl (C=O) groups is 2. The molecule has 2 fully saturated rings. The monoisotopic (exact) mass is 438 g/mol. The number of fused-ring (bicyclic) bond motifs is 5. The fourth-order valence-corrected chi connectivity index (χ4v) is 5.26. The summed E-state index contributed by atoms with van der Waals surface area (Å²) in [5.41, 5.74) is 4.17. The van der Waals surface area contributed by atoms with Gasteiger partial charge >= 0.3 is 6.16 Å². The first kappa shape index (κ1) is 20.3. The third-order valence-electron chi connectivity index (χ3n) is 6.51. The summed E-state index contributed by atoms with van der Waals surface area (Å²) in [6.45, 7) is 3.89. The van der Waals surface area contributed by atoms with Gasteiger partial charge in [-0.2, -0.15) is 0 Å². The van der Waals surface area contributed by atoms with Crippen LogP contribution in [0.3, 0.4) is 0 Å². The van der Waals surface area contributed by atoms with Gasteiger partial charge < -0.3 is 14.2 Å². The molecule has 2 heterocycles. The van der Waals surface area contributed by atoms with E-state index in [9.17, 15) is 9.59 Å². The van der Waals surface area contributed by atoms with Crippen LogP contribution in [0.4, 0.5) is 4.79 Å². The van der Waals surface area contributed by atoms with E-state index in [0.29, 0.717) is 16.4 Å². The third-order valence-corrected chi connectivity index (χ3v) is 6.76. The SMILES string of the molecule is CCOC(=O)OC1=C(c2cc(-c3ccc(Cl)cc3)ccc2C)C(=O)C2C3CCC(O3)C12. The summed E-state index contributed by atoms with van der Waals surface area (Å²) >= 11 is 6.04. The van der Waals surface area contributed by atoms with Crippen molar-refractivity contribution in [2.75, 3.05) is 6.61 Å². The van der Waals surface area contributed by atoms with Gasteiger partial charge in [-0.1, -0.05) is 35.9 Å². The molecule has 0 amide bonds. The molecule has 5 rings (SSSR count). The van der Waals surface area contributed by atoms with Gasteiger partial charge in [0.1, 0.15) is 5.76 Å². The molecule has 160 valence electrons. The second kappa shape index (κ2) is 7.81. The molecule has 6 heteroatoms. The van der Waals surface area contributed by atoms with Crippen LogP contribution in [0, 0.1) is 18.8 Å². The highest BCUT2D eigenvalue weighted by Crippen LogP contribution is 2.55. The Hall–Kier alpha value is -2.63. The Morgan fingerprint density at radius 2 is 1.74 bits per heavy atom. The number of halogens is 1. The summed E-state index contributed by atoms with van der Waals surface area (Å²) < 4.78 is 16.7. The Morgan fingerprint density at radius 3 is 2.45 bits per heavy atom. The standard InChI is InChI=1S/C25H23ClO5/c1-3-29-25(28)31-24-20(23(27)21-18-10-11-19(30-18)22(21)24)17-12-15(5-4-13(17)2)14-6-8-16(26)9-7-14/h4-9,12,18-19,21-22H,3,10-11H2,1-2H3. The highest BCUT2D eigenvalue weighted by Gasteiger charge is 2.60. The van der Waals surface area contributed by atoms with Gasteiger partial charge in [-0.25, -0.2) is 4.79 Å². The van der Waals surface area contributed by atoms with Crippen molar-refractivity contribution in [2.24, 2.45) is 11.8 Å². The van der Waals surface area contributed by atoms with Crippen LogP contribution in [0.25, 0.3) is 16.7 Å². The molecule has 4 atom stereocenters. The Bertz CT molecular complexity index is 1090. The minimum atomic E-state index is -0.780. The maximum absolute atomic E-state index is 13.6. The van der Waals surface area contributed by atoms with Crippen LogP contribution >= 0.6 is 11.6 Å². The minimum Gasteiger partial charge on any atom is -0.434 e. The van der Waals surface area contributed by atoms with E-state index in [-0.39, 0.29) is 36.4 Å². The Labute approximate surface area is 185 Å². The molecule has 31 heavy (non-hydrogen) atoms. The molecular weight excluding hydrogens is 416 g/mol. The number of aryl methyl sites for hydroxylation is 1. The van der Waals surface area contributed by atoms with Gasteiger partial charge in [0.15, 0.2) is 5.78 Å². The number of benzene rings is 2.